The number of nitrogens with one attached hydrogen (secondary N) is 1. The van der Waals surface area contributed by atoms with Crippen LogP contribution in [0.2, 0.25) is 0 Å². The van der Waals surface area contributed by atoms with Gasteiger partial charge in [-0.25, -0.2) is 0 Å². The van der Waals surface area contributed by atoms with Crippen LogP contribution in [0.1, 0.15) is 19.8 Å². The summed E-state index contributed by atoms with van der Waals surface area (Å²) in [6.07, 6.45) is 2.22. The molecule has 0 spiro atoms. The maximum atomic E-state index is 12.0. The maximum absolute atomic E-state index is 12.0. The van der Waals surface area contributed by atoms with Gasteiger partial charge in [0, 0.05) is 19.6 Å². The minimum Gasteiger partial charge on any atom is -0.341 e. The number of likely N-dealkylation sites (N-methyl/N-ethyl adjacent to an activating group) is 1. The second-order valence-electron chi connectivity index (χ2n) is 5.10. The highest BCUT2D eigenvalue weighted by Gasteiger charge is 2.33. The number of likely N-dealkylation sites (tertiary alicyclic amines) is 2. The van der Waals surface area contributed by atoms with Crippen molar-refractivity contribution >= 4 is 5.91 Å². The predicted molar refractivity (Wildman–Crippen MR) is 64.3 cm³/mol. The Hall–Kier alpha value is -0.610. The summed E-state index contributed by atoms with van der Waals surface area (Å²) in [6.45, 7) is 7.18. The van der Waals surface area contributed by atoms with Gasteiger partial charge in [-0.15, -0.1) is 0 Å². The van der Waals surface area contributed by atoms with Crippen LogP contribution in [0.4, 0.5) is 0 Å². The van der Waals surface area contributed by atoms with Crippen molar-refractivity contribution in [2.45, 2.75) is 25.8 Å². The van der Waals surface area contributed by atoms with Crippen LogP contribution >= 0.6 is 0 Å². The molecule has 0 aromatic rings. The van der Waals surface area contributed by atoms with E-state index in [4.69, 9.17) is 0 Å². The molecule has 4 heteroatoms. The highest BCUT2D eigenvalue weighted by atomic mass is 16.2. The van der Waals surface area contributed by atoms with E-state index in [0.717, 1.165) is 32.6 Å². The number of rotatable bonds is 4. The zero-order chi connectivity index (χ0) is 11.5. The van der Waals surface area contributed by atoms with E-state index in [1.807, 2.05) is 0 Å². The first-order chi connectivity index (χ1) is 7.70. The van der Waals surface area contributed by atoms with Crippen LogP contribution in [-0.4, -0.2) is 61.5 Å². The molecule has 2 atom stereocenters. The van der Waals surface area contributed by atoms with Crippen LogP contribution in [0.3, 0.4) is 0 Å². The van der Waals surface area contributed by atoms with Crippen molar-refractivity contribution in [3.8, 4) is 0 Å². The van der Waals surface area contributed by atoms with Crippen LogP contribution in [0.15, 0.2) is 0 Å². The van der Waals surface area contributed by atoms with E-state index >= 15 is 0 Å². The van der Waals surface area contributed by atoms with Crippen LogP contribution < -0.4 is 5.32 Å². The zero-order valence-corrected chi connectivity index (χ0v) is 10.4. The molecule has 1 amide bonds. The van der Waals surface area contributed by atoms with Gasteiger partial charge in [-0.3, -0.25) is 4.79 Å². The molecule has 2 heterocycles. The minimum absolute atomic E-state index is 0.0872. The standard InChI is InChI=1S/C12H23N3O/c1-3-13-11-5-7-15(12(11)16)9-10-4-6-14(2)8-10/h10-11,13H,3-9H2,1-2H3. The second kappa shape index (κ2) is 5.15. The molecule has 0 bridgehead atoms. The molecule has 2 unspecified atom stereocenters. The zero-order valence-electron chi connectivity index (χ0n) is 10.4. The highest BCUT2D eigenvalue weighted by Crippen LogP contribution is 2.19. The number of nitrogens with zero attached hydrogens (tertiary/aromatic N) is 2. The SMILES string of the molecule is CCNC1CCN(CC2CCN(C)C2)C1=O. The first-order valence-corrected chi connectivity index (χ1v) is 6.41. The van der Waals surface area contributed by atoms with Crippen molar-refractivity contribution in [1.82, 2.24) is 15.1 Å². The van der Waals surface area contributed by atoms with Crippen molar-refractivity contribution < 1.29 is 4.79 Å². The predicted octanol–water partition coefficient (Wildman–Crippen LogP) is 0.149. The molecule has 0 aromatic heterocycles. The molecule has 2 rings (SSSR count). The topological polar surface area (TPSA) is 35.6 Å². The molecule has 0 radical (unpaired) electrons. The molecule has 0 aromatic carbocycles. The third-order valence-electron chi connectivity index (χ3n) is 3.72. The van der Waals surface area contributed by atoms with Gasteiger partial charge in [0.15, 0.2) is 0 Å². The van der Waals surface area contributed by atoms with Gasteiger partial charge in [-0.2, -0.15) is 0 Å². The lowest BCUT2D eigenvalue weighted by molar-refractivity contribution is -0.129. The first-order valence-electron chi connectivity index (χ1n) is 6.41. The lowest BCUT2D eigenvalue weighted by Crippen LogP contribution is -2.40. The maximum Gasteiger partial charge on any atom is 0.239 e. The van der Waals surface area contributed by atoms with Crippen molar-refractivity contribution in [2.24, 2.45) is 5.92 Å². The van der Waals surface area contributed by atoms with Gasteiger partial charge in [-0.1, -0.05) is 6.92 Å². The summed E-state index contributed by atoms with van der Waals surface area (Å²) in [5.74, 6) is 1.01. The van der Waals surface area contributed by atoms with E-state index in [2.05, 4.69) is 29.1 Å². The average Bonchev–Trinajstić information content (AvgIpc) is 2.80. The van der Waals surface area contributed by atoms with Gasteiger partial charge in [0.2, 0.25) is 5.91 Å². The van der Waals surface area contributed by atoms with Crippen LogP contribution in [0, 0.1) is 5.92 Å². The Bertz CT molecular complexity index is 257. The normalized spacial score (nSPS) is 31.6. The summed E-state index contributed by atoms with van der Waals surface area (Å²) in [4.78, 5) is 16.4. The monoisotopic (exact) mass is 225 g/mol. The molecule has 1 N–H and O–H groups in total. The van der Waals surface area contributed by atoms with Gasteiger partial charge in [0.25, 0.3) is 0 Å². The fraction of sp³-hybridized carbons (Fsp3) is 0.917. The van der Waals surface area contributed by atoms with Gasteiger partial charge < -0.3 is 15.1 Å². The van der Waals surface area contributed by atoms with Gasteiger partial charge in [0.1, 0.15) is 0 Å². The number of carbonyl (C=O) groups is 1. The lowest BCUT2D eigenvalue weighted by Gasteiger charge is -2.21. The second-order valence-corrected chi connectivity index (χ2v) is 5.10. The Kier molecular flexibility index (Phi) is 3.82. The van der Waals surface area contributed by atoms with E-state index in [1.165, 1.54) is 13.0 Å². The number of hydrogen-bond acceptors (Lipinski definition) is 3. The minimum atomic E-state index is 0.0872. The van der Waals surface area contributed by atoms with E-state index < -0.39 is 0 Å². The first kappa shape index (κ1) is 11.9. The molecule has 2 aliphatic heterocycles. The van der Waals surface area contributed by atoms with Gasteiger partial charge >= 0.3 is 0 Å². The Morgan fingerprint density at radius 3 is 2.81 bits per heavy atom. The quantitative estimate of drug-likeness (QED) is 0.740. The molecular weight excluding hydrogens is 202 g/mol. The molecule has 0 aliphatic carbocycles. The Morgan fingerprint density at radius 2 is 2.19 bits per heavy atom. The van der Waals surface area contributed by atoms with Crippen LogP contribution in [-0.2, 0) is 4.79 Å². The number of carbonyl (C=O) groups excluding carboxylic acids is 1. The Balaban J connectivity index is 1.81. The molecule has 0 saturated carbocycles. The highest BCUT2D eigenvalue weighted by molar-refractivity contribution is 5.83. The lowest BCUT2D eigenvalue weighted by atomic mass is 10.1. The summed E-state index contributed by atoms with van der Waals surface area (Å²) in [5, 5.41) is 3.26. The summed E-state index contributed by atoms with van der Waals surface area (Å²) in [7, 11) is 2.16. The number of hydrogen-bond donors (Lipinski definition) is 1. The molecule has 2 saturated heterocycles. The molecular formula is C12H23N3O. The molecule has 16 heavy (non-hydrogen) atoms. The smallest absolute Gasteiger partial charge is 0.239 e. The third-order valence-corrected chi connectivity index (χ3v) is 3.72. The van der Waals surface area contributed by atoms with E-state index in [-0.39, 0.29) is 6.04 Å². The molecule has 2 fully saturated rings. The van der Waals surface area contributed by atoms with Crippen molar-refractivity contribution in [2.75, 3.05) is 39.8 Å². The van der Waals surface area contributed by atoms with E-state index in [0.29, 0.717) is 11.8 Å². The van der Waals surface area contributed by atoms with Gasteiger partial charge in [0.05, 0.1) is 6.04 Å². The Morgan fingerprint density at radius 1 is 1.38 bits per heavy atom. The summed E-state index contributed by atoms with van der Waals surface area (Å²) < 4.78 is 0. The summed E-state index contributed by atoms with van der Waals surface area (Å²) in [5.41, 5.74) is 0. The summed E-state index contributed by atoms with van der Waals surface area (Å²) in [6, 6.07) is 0.0872. The average molecular weight is 225 g/mol. The van der Waals surface area contributed by atoms with Crippen molar-refractivity contribution in [3.63, 3.8) is 0 Å². The molecule has 4 nitrogen and oxygen atoms in total. The van der Waals surface area contributed by atoms with E-state index in [1.54, 1.807) is 0 Å². The van der Waals surface area contributed by atoms with Crippen molar-refractivity contribution in [1.29, 1.82) is 0 Å². The Labute approximate surface area is 98.0 Å². The number of amides is 1. The fourth-order valence-electron chi connectivity index (χ4n) is 2.84. The van der Waals surface area contributed by atoms with E-state index in [9.17, 15) is 4.79 Å². The summed E-state index contributed by atoms with van der Waals surface area (Å²) >= 11 is 0. The van der Waals surface area contributed by atoms with Gasteiger partial charge in [-0.05, 0) is 38.9 Å². The van der Waals surface area contributed by atoms with Crippen LogP contribution in [0.5, 0.6) is 0 Å². The fourth-order valence-corrected chi connectivity index (χ4v) is 2.84. The molecule has 92 valence electrons. The third kappa shape index (κ3) is 2.55. The van der Waals surface area contributed by atoms with Crippen molar-refractivity contribution in [3.05, 3.63) is 0 Å². The molecule has 2 aliphatic rings. The van der Waals surface area contributed by atoms with Crippen LogP contribution in [0.25, 0.3) is 0 Å². The largest absolute Gasteiger partial charge is 0.341 e.